The normalized spacial score (nSPS) is 14.4. The number of rotatable bonds is 6. The second-order valence-electron chi connectivity index (χ2n) is 8.55. The van der Waals surface area contributed by atoms with Crippen molar-refractivity contribution >= 4 is 40.6 Å². The first kappa shape index (κ1) is 25.0. The molecule has 0 aliphatic carbocycles. The molecule has 0 bridgehead atoms. The van der Waals surface area contributed by atoms with E-state index >= 15 is 0 Å². The fraction of sp³-hybridized carbons (Fsp3) is 0.107. The molecular formula is C28H23ClFN5O3. The van der Waals surface area contributed by atoms with E-state index in [1.165, 1.54) is 37.6 Å². The van der Waals surface area contributed by atoms with Gasteiger partial charge in [-0.2, -0.15) is 5.10 Å². The van der Waals surface area contributed by atoms with E-state index in [0.29, 0.717) is 44.8 Å². The molecule has 3 N–H and O–H groups in total. The quantitative estimate of drug-likeness (QED) is 0.289. The number of para-hydroxylation sites is 2. The van der Waals surface area contributed by atoms with Gasteiger partial charge in [0.15, 0.2) is 0 Å². The van der Waals surface area contributed by atoms with E-state index in [1.807, 2.05) is 18.2 Å². The number of ether oxygens (including phenoxy) is 1. The lowest BCUT2D eigenvalue weighted by molar-refractivity contribution is -0.113. The summed E-state index contributed by atoms with van der Waals surface area (Å²) in [4.78, 5) is 26.8. The summed E-state index contributed by atoms with van der Waals surface area (Å²) in [7, 11) is 1.53. The maximum Gasteiger partial charge on any atom is 0.261 e. The molecular weight excluding hydrogens is 509 g/mol. The van der Waals surface area contributed by atoms with Gasteiger partial charge in [-0.3, -0.25) is 9.59 Å². The van der Waals surface area contributed by atoms with Gasteiger partial charge in [0.25, 0.3) is 11.8 Å². The van der Waals surface area contributed by atoms with Crippen molar-refractivity contribution in [1.82, 2.24) is 9.78 Å². The van der Waals surface area contributed by atoms with E-state index in [0.717, 1.165) is 0 Å². The largest absolute Gasteiger partial charge is 0.495 e. The van der Waals surface area contributed by atoms with Crippen LogP contribution in [0.1, 0.15) is 28.9 Å². The molecule has 3 aromatic carbocycles. The van der Waals surface area contributed by atoms with Crippen LogP contribution >= 0.6 is 11.6 Å². The first-order valence-electron chi connectivity index (χ1n) is 11.7. The highest BCUT2D eigenvalue weighted by Crippen LogP contribution is 2.40. The predicted molar refractivity (Wildman–Crippen MR) is 144 cm³/mol. The smallest absolute Gasteiger partial charge is 0.261 e. The Labute approximate surface area is 223 Å². The minimum Gasteiger partial charge on any atom is -0.495 e. The third-order valence-electron chi connectivity index (χ3n) is 6.17. The molecule has 2 heterocycles. The number of hydrogen-bond donors (Lipinski definition) is 3. The van der Waals surface area contributed by atoms with Crippen LogP contribution in [0.15, 0.2) is 90.3 Å². The zero-order valence-electron chi connectivity index (χ0n) is 20.5. The number of nitrogens with zero attached hydrogens (tertiary/aromatic N) is 2. The van der Waals surface area contributed by atoms with Crippen LogP contribution in [0.2, 0.25) is 5.02 Å². The average Bonchev–Trinajstić information content (AvgIpc) is 3.33. The number of aromatic nitrogens is 2. The van der Waals surface area contributed by atoms with Crippen LogP contribution in [-0.2, 0) is 4.79 Å². The number of fused-ring (bicyclic) bond motifs is 1. The molecule has 1 aliphatic rings. The number of allylic oxidation sites excluding steroid dienone is 1. The van der Waals surface area contributed by atoms with Gasteiger partial charge in [0.05, 0.1) is 24.6 Å². The average molecular weight is 532 g/mol. The summed E-state index contributed by atoms with van der Waals surface area (Å²) in [6, 6.07) is 19.0. The molecule has 0 spiro atoms. The van der Waals surface area contributed by atoms with Crippen LogP contribution < -0.4 is 20.7 Å². The van der Waals surface area contributed by atoms with Gasteiger partial charge in [-0.1, -0.05) is 41.9 Å². The molecule has 0 fully saturated rings. The Morgan fingerprint density at radius 1 is 1.00 bits per heavy atom. The van der Waals surface area contributed by atoms with E-state index in [9.17, 15) is 14.0 Å². The van der Waals surface area contributed by atoms with Crippen molar-refractivity contribution in [2.24, 2.45) is 0 Å². The maximum atomic E-state index is 13.7. The van der Waals surface area contributed by atoms with Gasteiger partial charge in [-0.25, -0.2) is 9.07 Å². The molecule has 1 atom stereocenters. The Morgan fingerprint density at radius 3 is 2.45 bits per heavy atom. The number of halogens is 2. The van der Waals surface area contributed by atoms with Crippen LogP contribution in [0.5, 0.6) is 5.75 Å². The van der Waals surface area contributed by atoms with Crippen LogP contribution in [-0.4, -0.2) is 28.7 Å². The molecule has 8 nitrogen and oxygen atoms in total. The Kier molecular flexibility index (Phi) is 6.85. The molecule has 1 aromatic heterocycles. The molecule has 5 rings (SSSR count). The molecule has 0 saturated carbocycles. The SMILES string of the molecule is COc1ccccc1NC(=O)C1=C(C)Nc2c(C(=O)Nc3ccc(F)cc3)cnn2[C@@H]1c1ccccc1Cl. The molecule has 1 aliphatic heterocycles. The standard InChI is InChI=1S/C28H23ClFN5O3/c1-16-24(28(37)34-22-9-5-6-10-23(22)38-2)25(19-7-3-4-8-21(19)29)35-26(32-16)20(15-31-35)27(36)33-18-13-11-17(30)12-14-18/h3-15,25,32H,1-2H3,(H,33,36)(H,34,37)/t25-/m1/s1. The summed E-state index contributed by atoms with van der Waals surface area (Å²) in [5.74, 6) is -0.340. The first-order chi connectivity index (χ1) is 18.4. The zero-order chi connectivity index (χ0) is 26.8. The van der Waals surface area contributed by atoms with Gasteiger partial charge in [0.2, 0.25) is 0 Å². The third-order valence-corrected chi connectivity index (χ3v) is 6.51. The second kappa shape index (κ2) is 10.4. The molecule has 192 valence electrons. The molecule has 38 heavy (non-hydrogen) atoms. The molecule has 2 amide bonds. The number of benzene rings is 3. The molecule has 0 unspecified atom stereocenters. The lowest BCUT2D eigenvalue weighted by Gasteiger charge is -2.30. The predicted octanol–water partition coefficient (Wildman–Crippen LogP) is 5.86. The highest BCUT2D eigenvalue weighted by molar-refractivity contribution is 6.31. The lowest BCUT2D eigenvalue weighted by Crippen LogP contribution is -2.32. The summed E-state index contributed by atoms with van der Waals surface area (Å²) in [5, 5.41) is 13.8. The monoisotopic (exact) mass is 531 g/mol. The Hall–Kier alpha value is -4.63. The van der Waals surface area contributed by atoms with Crippen molar-refractivity contribution in [3.05, 3.63) is 112 Å². The topological polar surface area (TPSA) is 97.3 Å². The number of methoxy groups -OCH3 is 1. The molecule has 10 heteroatoms. The minimum absolute atomic E-state index is 0.245. The van der Waals surface area contributed by atoms with Crippen LogP contribution in [0.4, 0.5) is 21.6 Å². The summed E-state index contributed by atoms with van der Waals surface area (Å²) < 4.78 is 20.2. The van der Waals surface area contributed by atoms with E-state index in [2.05, 4.69) is 21.0 Å². The van der Waals surface area contributed by atoms with E-state index in [4.69, 9.17) is 16.3 Å². The van der Waals surface area contributed by atoms with E-state index in [1.54, 1.807) is 41.9 Å². The van der Waals surface area contributed by atoms with Crippen molar-refractivity contribution in [1.29, 1.82) is 0 Å². The highest BCUT2D eigenvalue weighted by atomic mass is 35.5. The number of amides is 2. The van der Waals surface area contributed by atoms with Crippen molar-refractivity contribution in [2.75, 3.05) is 23.1 Å². The van der Waals surface area contributed by atoms with E-state index < -0.39 is 17.8 Å². The Bertz CT molecular complexity index is 1560. The third kappa shape index (κ3) is 4.71. The second-order valence-corrected chi connectivity index (χ2v) is 8.96. The molecule has 4 aromatic rings. The van der Waals surface area contributed by atoms with Gasteiger partial charge in [0, 0.05) is 22.0 Å². The number of nitrogens with one attached hydrogen (secondary N) is 3. The Morgan fingerprint density at radius 2 is 1.71 bits per heavy atom. The number of hydrogen-bond acceptors (Lipinski definition) is 5. The highest BCUT2D eigenvalue weighted by Gasteiger charge is 2.36. The summed E-state index contributed by atoms with van der Waals surface area (Å²) >= 11 is 6.59. The van der Waals surface area contributed by atoms with Gasteiger partial charge >= 0.3 is 0 Å². The van der Waals surface area contributed by atoms with E-state index in [-0.39, 0.29) is 11.5 Å². The van der Waals surface area contributed by atoms with Crippen molar-refractivity contribution < 1.29 is 18.7 Å². The molecule has 0 saturated heterocycles. The van der Waals surface area contributed by atoms with Crippen molar-refractivity contribution in [3.8, 4) is 5.75 Å². The summed E-state index contributed by atoms with van der Waals surface area (Å²) in [6.07, 6.45) is 1.42. The number of anilines is 3. The maximum absolute atomic E-state index is 13.7. The van der Waals surface area contributed by atoms with Crippen LogP contribution in [0.3, 0.4) is 0 Å². The number of carbonyl (C=O) groups excluding carboxylic acids is 2. The first-order valence-corrected chi connectivity index (χ1v) is 12.1. The van der Waals surface area contributed by atoms with Crippen LogP contribution in [0, 0.1) is 5.82 Å². The van der Waals surface area contributed by atoms with Gasteiger partial charge < -0.3 is 20.7 Å². The molecule has 0 radical (unpaired) electrons. The van der Waals surface area contributed by atoms with Gasteiger partial charge in [-0.15, -0.1) is 0 Å². The fourth-order valence-corrected chi connectivity index (χ4v) is 4.61. The zero-order valence-corrected chi connectivity index (χ0v) is 21.2. The van der Waals surface area contributed by atoms with Gasteiger partial charge in [0.1, 0.15) is 29.0 Å². The summed E-state index contributed by atoms with van der Waals surface area (Å²) in [5.41, 5.74) is 2.70. The van der Waals surface area contributed by atoms with Gasteiger partial charge in [-0.05, 0) is 49.4 Å². The Balaban J connectivity index is 1.55. The fourth-order valence-electron chi connectivity index (χ4n) is 4.37. The number of carbonyl (C=O) groups is 2. The van der Waals surface area contributed by atoms with Crippen molar-refractivity contribution in [3.63, 3.8) is 0 Å². The summed E-state index contributed by atoms with van der Waals surface area (Å²) in [6.45, 7) is 1.75. The minimum atomic E-state index is -0.734. The van der Waals surface area contributed by atoms with Crippen LogP contribution in [0.25, 0.3) is 0 Å². The lowest BCUT2D eigenvalue weighted by atomic mass is 9.94. The van der Waals surface area contributed by atoms with Crippen molar-refractivity contribution in [2.45, 2.75) is 13.0 Å².